The predicted octanol–water partition coefficient (Wildman–Crippen LogP) is 3.24. The fourth-order valence-electron chi connectivity index (χ4n) is 5.49. The summed E-state index contributed by atoms with van der Waals surface area (Å²) in [5.74, 6) is 0.310. The summed E-state index contributed by atoms with van der Waals surface area (Å²) in [5, 5.41) is 6.20. The van der Waals surface area contributed by atoms with Crippen LogP contribution < -0.4 is 10.6 Å². The van der Waals surface area contributed by atoms with Gasteiger partial charge in [-0.2, -0.15) is 0 Å². The van der Waals surface area contributed by atoms with Crippen LogP contribution in [0.4, 0.5) is 0 Å². The summed E-state index contributed by atoms with van der Waals surface area (Å²) in [5.41, 5.74) is 2.48. The second kappa shape index (κ2) is 12.7. The number of benzene rings is 1. The highest BCUT2D eigenvalue weighted by molar-refractivity contribution is 5.97. The Morgan fingerprint density at radius 3 is 2.67 bits per heavy atom. The molecule has 2 fully saturated rings. The zero-order valence-electron chi connectivity index (χ0n) is 21.1. The molecule has 1 aromatic carbocycles. The van der Waals surface area contributed by atoms with E-state index in [4.69, 9.17) is 0 Å². The van der Waals surface area contributed by atoms with Gasteiger partial charge in [0.1, 0.15) is 6.33 Å². The van der Waals surface area contributed by atoms with Crippen LogP contribution in [-0.2, 0) is 16.1 Å². The third-order valence-electron chi connectivity index (χ3n) is 7.47. The van der Waals surface area contributed by atoms with Crippen LogP contribution in [0.15, 0.2) is 42.9 Å². The van der Waals surface area contributed by atoms with E-state index in [-0.39, 0.29) is 36.0 Å². The molecule has 1 saturated carbocycles. The van der Waals surface area contributed by atoms with Crippen LogP contribution in [0.3, 0.4) is 0 Å². The Morgan fingerprint density at radius 2 is 1.92 bits per heavy atom. The average Bonchev–Trinajstić information content (AvgIpc) is 2.92. The van der Waals surface area contributed by atoms with Gasteiger partial charge in [-0.05, 0) is 62.3 Å². The Kier molecular flexibility index (Phi) is 9.17. The van der Waals surface area contributed by atoms with E-state index in [1.807, 2.05) is 29.2 Å². The number of carbonyl (C=O) groups excluding carboxylic acids is 3. The number of aromatic nitrogens is 2. The van der Waals surface area contributed by atoms with Gasteiger partial charge in [0.2, 0.25) is 5.91 Å². The lowest BCUT2D eigenvalue weighted by atomic mass is 9.82. The maximum Gasteiger partial charge on any atom is 0.251 e. The van der Waals surface area contributed by atoms with Crippen LogP contribution in [0, 0.1) is 5.92 Å². The molecule has 0 spiro atoms. The molecule has 2 N–H and O–H groups in total. The maximum atomic E-state index is 13.1. The summed E-state index contributed by atoms with van der Waals surface area (Å²) in [4.78, 5) is 48.2. The molecular formula is C28H37N5O3. The number of piperidine rings is 1. The summed E-state index contributed by atoms with van der Waals surface area (Å²) in [6.45, 7) is 3.73. The molecule has 2 aromatic rings. The van der Waals surface area contributed by atoms with Gasteiger partial charge in [-0.15, -0.1) is 0 Å². The van der Waals surface area contributed by atoms with Crippen molar-refractivity contribution in [2.24, 2.45) is 5.92 Å². The van der Waals surface area contributed by atoms with Gasteiger partial charge < -0.3 is 15.5 Å². The third-order valence-corrected chi connectivity index (χ3v) is 7.47. The first-order chi connectivity index (χ1) is 17.5. The smallest absolute Gasteiger partial charge is 0.251 e. The van der Waals surface area contributed by atoms with E-state index < -0.39 is 6.04 Å². The monoisotopic (exact) mass is 491 g/mol. The Bertz CT molecular complexity index is 1040. The van der Waals surface area contributed by atoms with E-state index in [9.17, 15) is 14.4 Å². The summed E-state index contributed by atoms with van der Waals surface area (Å²) < 4.78 is 0. The summed E-state index contributed by atoms with van der Waals surface area (Å²) in [7, 11) is 0. The fourth-order valence-corrected chi connectivity index (χ4v) is 5.49. The van der Waals surface area contributed by atoms with E-state index in [1.165, 1.54) is 12.7 Å². The molecule has 0 bridgehead atoms. The highest BCUT2D eigenvalue weighted by atomic mass is 16.2. The Hall–Kier alpha value is -3.13. The molecule has 4 rings (SSSR count). The lowest BCUT2D eigenvalue weighted by Crippen LogP contribution is -2.45. The van der Waals surface area contributed by atoms with Crippen molar-refractivity contribution in [3.8, 4) is 0 Å². The molecule has 1 aromatic heterocycles. The Balaban J connectivity index is 1.34. The van der Waals surface area contributed by atoms with Crippen molar-refractivity contribution in [2.45, 2.75) is 70.4 Å². The molecule has 0 radical (unpaired) electrons. The second-order valence-electron chi connectivity index (χ2n) is 10.1. The normalized spacial score (nSPS) is 19.5. The second-order valence-corrected chi connectivity index (χ2v) is 10.1. The first-order valence-corrected chi connectivity index (χ1v) is 13.2. The van der Waals surface area contributed by atoms with Crippen molar-refractivity contribution < 1.29 is 14.4 Å². The molecule has 1 aliphatic carbocycles. The molecule has 36 heavy (non-hydrogen) atoms. The molecule has 1 saturated heterocycles. The number of hydrogen-bond donors (Lipinski definition) is 2. The minimum absolute atomic E-state index is 0.0289. The topological polar surface area (TPSA) is 104 Å². The van der Waals surface area contributed by atoms with E-state index in [2.05, 4.69) is 20.6 Å². The number of amides is 2. The van der Waals surface area contributed by atoms with E-state index in [0.29, 0.717) is 18.7 Å². The van der Waals surface area contributed by atoms with Crippen molar-refractivity contribution in [2.75, 3.05) is 19.6 Å². The predicted molar refractivity (Wildman–Crippen MR) is 137 cm³/mol. The summed E-state index contributed by atoms with van der Waals surface area (Å²) in [6.07, 6.45) is 10.5. The van der Waals surface area contributed by atoms with Gasteiger partial charge in [-0.1, -0.05) is 31.4 Å². The molecule has 8 heteroatoms. The van der Waals surface area contributed by atoms with Crippen LogP contribution in [0.5, 0.6) is 0 Å². The van der Waals surface area contributed by atoms with Crippen molar-refractivity contribution in [3.05, 3.63) is 59.7 Å². The van der Waals surface area contributed by atoms with Gasteiger partial charge in [0.15, 0.2) is 5.78 Å². The zero-order chi connectivity index (χ0) is 25.3. The van der Waals surface area contributed by atoms with Crippen molar-refractivity contribution in [3.63, 3.8) is 0 Å². The number of Topliss-reactive ketones (excluding diaryl/α,β-unsaturated/α-hetero) is 1. The number of nitrogens with zero attached hydrogens (tertiary/aromatic N) is 3. The number of hydrogen-bond acceptors (Lipinski definition) is 6. The van der Waals surface area contributed by atoms with Crippen molar-refractivity contribution in [1.29, 1.82) is 0 Å². The molecule has 2 heterocycles. The summed E-state index contributed by atoms with van der Waals surface area (Å²) >= 11 is 0. The maximum absolute atomic E-state index is 13.1. The molecule has 192 valence electrons. The minimum Gasteiger partial charge on any atom is -0.342 e. The van der Waals surface area contributed by atoms with Crippen LogP contribution in [0.2, 0.25) is 0 Å². The molecular weight excluding hydrogens is 454 g/mol. The number of nitrogens with one attached hydrogen (secondary N) is 2. The first kappa shape index (κ1) is 25.9. The number of carbonyl (C=O) groups is 3. The van der Waals surface area contributed by atoms with Gasteiger partial charge in [-0.25, -0.2) is 9.97 Å². The first-order valence-electron chi connectivity index (χ1n) is 13.2. The molecule has 2 amide bonds. The molecule has 1 aliphatic heterocycles. The molecule has 2 atom stereocenters. The van der Waals surface area contributed by atoms with Gasteiger partial charge >= 0.3 is 0 Å². The SMILES string of the molecule is CC(=O)[C@H](NC(=O)c1cccc(C2CCCN(C(=O)CNCc3ccncn3)C2)c1)C1CCCCC1. The Labute approximate surface area is 213 Å². The molecule has 1 unspecified atom stereocenters. The summed E-state index contributed by atoms with van der Waals surface area (Å²) in [6, 6.07) is 9.08. The van der Waals surface area contributed by atoms with Crippen molar-refractivity contribution in [1.82, 2.24) is 25.5 Å². The van der Waals surface area contributed by atoms with E-state index >= 15 is 0 Å². The zero-order valence-corrected chi connectivity index (χ0v) is 21.1. The highest BCUT2D eigenvalue weighted by Crippen LogP contribution is 2.29. The fraction of sp³-hybridized carbons (Fsp3) is 0.536. The van der Waals surface area contributed by atoms with Crippen molar-refractivity contribution >= 4 is 17.6 Å². The van der Waals surface area contributed by atoms with Gasteiger partial charge in [0.05, 0.1) is 18.3 Å². The number of ketones is 1. The average molecular weight is 492 g/mol. The lowest BCUT2D eigenvalue weighted by molar-refractivity contribution is -0.131. The standard InChI is InChI=1S/C28H37N5O3/c1-20(34)27(21-7-3-2-4-8-21)32-28(36)23-10-5-9-22(15-23)24-11-6-14-33(18-24)26(35)17-30-16-25-12-13-29-19-31-25/h5,9-10,12-13,15,19,21,24,27,30H,2-4,6-8,11,14,16-18H2,1H3,(H,32,36)/t24?,27-/m0/s1. The third kappa shape index (κ3) is 6.97. The molecule has 8 nitrogen and oxygen atoms in total. The van der Waals surface area contributed by atoms with Crippen LogP contribution in [0.25, 0.3) is 0 Å². The van der Waals surface area contributed by atoms with E-state index in [0.717, 1.165) is 56.3 Å². The quantitative estimate of drug-likeness (QED) is 0.558. The minimum atomic E-state index is -0.418. The lowest BCUT2D eigenvalue weighted by Gasteiger charge is -2.33. The van der Waals surface area contributed by atoms with E-state index in [1.54, 1.807) is 19.2 Å². The Morgan fingerprint density at radius 1 is 1.08 bits per heavy atom. The largest absolute Gasteiger partial charge is 0.342 e. The number of likely N-dealkylation sites (tertiary alicyclic amines) is 1. The molecule has 2 aliphatic rings. The van der Waals surface area contributed by atoms with Gasteiger partial charge in [-0.3, -0.25) is 14.4 Å². The van der Waals surface area contributed by atoms with Gasteiger partial charge in [0, 0.05) is 37.3 Å². The van der Waals surface area contributed by atoms with Crippen LogP contribution >= 0.6 is 0 Å². The van der Waals surface area contributed by atoms with Crippen LogP contribution in [0.1, 0.15) is 79.4 Å². The van der Waals surface area contributed by atoms with Crippen LogP contribution in [-0.4, -0.2) is 58.1 Å². The highest BCUT2D eigenvalue weighted by Gasteiger charge is 2.29. The van der Waals surface area contributed by atoms with Gasteiger partial charge in [0.25, 0.3) is 5.91 Å². The number of rotatable bonds is 9.